The van der Waals surface area contributed by atoms with Gasteiger partial charge in [0.15, 0.2) is 0 Å². The molecule has 1 radical (unpaired) electrons. The van der Waals surface area contributed by atoms with E-state index in [9.17, 15) is 4.79 Å². The van der Waals surface area contributed by atoms with Crippen LogP contribution in [0.15, 0.2) is 54.6 Å². The highest BCUT2D eigenvalue weighted by Crippen LogP contribution is 2.50. The molecular weight excluding hydrogens is 236 g/mol. The summed E-state index contributed by atoms with van der Waals surface area (Å²) in [6.07, 6.45) is 0. The third-order valence-electron chi connectivity index (χ3n) is 3.65. The number of hydrogen-bond donors (Lipinski definition) is 0. The Kier molecular flexibility index (Phi) is 2.00. The molecule has 0 N–H and O–H groups in total. The molecule has 0 saturated carbocycles. The van der Waals surface area contributed by atoms with Crippen molar-refractivity contribution in [3.05, 3.63) is 54.6 Å². The lowest BCUT2D eigenvalue weighted by Crippen LogP contribution is -1.91. The maximum Gasteiger partial charge on any atom is 0.423 e. The van der Waals surface area contributed by atoms with E-state index in [2.05, 4.69) is 30.3 Å². The van der Waals surface area contributed by atoms with Crippen LogP contribution >= 0.6 is 0 Å². The molecular formula is C17H9O2. The predicted molar refractivity (Wildman–Crippen MR) is 74.7 cm³/mol. The standard InChI is InChI=1S/C17H9O2/c18-10-19-15-9-8-11-4-3-7-13-12-5-1-2-6-14(12)17(15)16(11)13/h1-9H. The van der Waals surface area contributed by atoms with Crippen LogP contribution in [0.5, 0.6) is 5.75 Å². The van der Waals surface area contributed by atoms with Gasteiger partial charge in [0.25, 0.3) is 0 Å². The van der Waals surface area contributed by atoms with E-state index in [1.165, 1.54) is 17.6 Å². The molecule has 0 atom stereocenters. The van der Waals surface area contributed by atoms with Gasteiger partial charge < -0.3 is 4.74 Å². The second-order valence-corrected chi connectivity index (χ2v) is 4.57. The Morgan fingerprint density at radius 2 is 1.58 bits per heavy atom. The zero-order valence-electron chi connectivity index (χ0n) is 10.0. The molecule has 4 rings (SSSR count). The quantitative estimate of drug-likeness (QED) is 0.534. The van der Waals surface area contributed by atoms with Crippen LogP contribution in [0.3, 0.4) is 0 Å². The molecule has 0 aromatic heterocycles. The SMILES string of the molecule is O=[C]Oc1ccc2cccc3c2c1-c1ccccc1-3. The van der Waals surface area contributed by atoms with Crippen LogP contribution in [0.4, 0.5) is 0 Å². The van der Waals surface area contributed by atoms with Gasteiger partial charge in [-0.2, -0.15) is 0 Å². The van der Waals surface area contributed by atoms with Crippen molar-refractivity contribution in [1.82, 2.24) is 0 Å². The second-order valence-electron chi connectivity index (χ2n) is 4.57. The number of carbonyl (C=O) groups excluding carboxylic acids is 1. The van der Waals surface area contributed by atoms with Crippen molar-refractivity contribution in [3.8, 4) is 28.0 Å². The van der Waals surface area contributed by atoms with Crippen LogP contribution in [0.2, 0.25) is 0 Å². The Morgan fingerprint density at radius 1 is 0.789 bits per heavy atom. The summed E-state index contributed by atoms with van der Waals surface area (Å²) in [4.78, 5) is 10.6. The summed E-state index contributed by atoms with van der Waals surface area (Å²) in [7, 11) is 0. The van der Waals surface area contributed by atoms with Crippen molar-refractivity contribution >= 4 is 17.2 Å². The van der Waals surface area contributed by atoms with E-state index < -0.39 is 0 Å². The number of ether oxygens (including phenoxy) is 1. The summed E-state index contributed by atoms with van der Waals surface area (Å²) in [5.41, 5.74) is 4.48. The summed E-state index contributed by atoms with van der Waals surface area (Å²) < 4.78 is 5.02. The van der Waals surface area contributed by atoms with E-state index in [4.69, 9.17) is 4.74 Å². The molecule has 0 bridgehead atoms. The maximum atomic E-state index is 10.6. The molecule has 0 saturated heterocycles. The minimum absolute atomic E-state index is 0.569. The molecule has 19 heavy (non-hydrogen) atoms. The average molecular weight is 245 g/mol. The van der Waals surface area contributed by atoms with Crippen LogP contribution in [0.1, 0.15) is 0 Å². The molecule has 1 aliphatic carbocycles. The van der Waals surface area contributed by atoms with Gasteiger partial charge in [0.2, 0.25) is 0 Å². The third-order valence-corrected chi connectivity index (χ3v) is 3.65. The molecule has 0 unspecified atom stereocenters. The van der Waals surface area contributed by atoms with E-state index in [0.717, 1.165) is 21.9 Å². The normalized spacial score (nSPS) is 11.4. The van der Waals surface area contributed by atoms with Gasteiger partial charge in [-0.05, 0) is 28.1 Å². The summed E-state index contributed by atoms with van der Waals surface area (Å²) in [6.45, 7) is 1.53. The fourth-order valence-electron chi connectivity index (χ4n) is 2.92. The largest absolute Gasteiger partial charge is 0.423 e. The highest BCUT2D eigenvalue weighted by Gasteiger charge is 2.24. The van der Waals surface area contributed by atoms with Crippen molar-refractivity contribution in [3.63, 3.8) is 0 Å². The van der Waals surface area contributed by atoms with Crippen molar-refractivity contribution in [2.45, 2.75) is 0 Å². The van der Waals surface area contributed by atoms with Crippen molar-refractivity contribution in [2.24, 2.45) is 0 Å². The number of hydrogen-bond acceptors (Lipinski definition) is 2. The van der Waals surface area contributed by atoms with E-state index >= 15 is 0 Å². The fraction of sp³-hybridized carbons (Fsp3) is 0. The second kappa shape index (κ2) is 3.69. The first-order valence-corrected chi connectivity index (χ1v) is 6.09. The summed E-state index contributed by atoms with van der Waals surface area (Å²) >= 11 is 0. The summed E-state index contributed by atoms with van der Waals surface area (Å²) in [5.74, 6) is 0.569. The average Bonchev–Trinajstić information content (AvgIpc) is 2.80. The van der Waals surface area contributed by atoms with Crippen LogP contribution in [-0.4, -0.2) is 6.47 Å². The number of benzene rings is 3. The molecule has 0 fully saturated rings. The van der Waals surface area contributed by atoms with Crippen LogP contribution < -0.4 is 4.74 Å². The monoisotopic (exact) mass is 245 g/mol. The van der Waals surface area contributed by atoms with Gasteiger partial charge in [0.05, 0.1) is 0 Å². The van der Waals surface area contributed by atoms with Gasteiger partial charge in [0, 0.05) is 10.9 Å². The third kappa shape index (κ3) is 1.28. The fourth-order valence-corrected chi connectivity index (χ4v) is 2.92. The van der Waals surface area contributed by atoms with E-state index in [1.807, 2.05) is 24.3 Å². The molecule has 2 heteroatoms. The smallest absolute Gasteiger partial charge is 0.417 e. The molecule has 0 heterocycles. The highest BCUT2D eigenvalue weighted by atomic mass is 16.5. The van der Waals surface area contributed by atoms with Crippen LogP contribution in [-0.2, 0) is 4.79 Å². The Hall–Kier alpha value is -2.61. The molecule has 2 nitrogen and oxygen atoms in total. The molecule has 3 aromatic rings. The first-order valence-electron chi connectivity index (χ1n) is 6.09. The molecule has 89 valence electrons. The zero-order chi connectivity index (χ0) is 12.8. The first-order chi connectivity index (χ1) is 9.40. The predicted octanol–water partition coefficient (Wildman–Crippen LogP) is 3.93. The Morgan fingerprint density at radius 3 is 2.42 bits per heavy atom. The van der Waals surface area contributed by atoms with E-state index in [0.29, 0.717) is 5.75 Å². The topological polar surface area (TPSA) is 26.3 Å². The number of fused-ring (bicyclic) bond motifs is 3. The van der Waals surface area contributed by atoms with Crippen molar-refractivity contribution in [1.29, 1.82) is 0 Å². The van der Waals surface area contributed by atoms with Crippen LogP contribution in [0.25, 0.3) is 33.0 Å². The van der Waals surface area contributed by atoms with E-state index in [1.54, 1.807) is 0 Å². The molecule has 0 amide bonds. The zero-order valence-corrected chi connectivity index (χ0v) is 10.0. The summed E-state index contributed by atoms with van der Waals surface area (Å²) in [6, 6.07) is 18.2. The van der Waals surface area contributed by atoms with Gasteiger partial charge in [-0.1, -0.05) is 48.5 Å². The molecule has 0 aliphatic heterocycles. The lowest BCUT2D eigenvalue weighted by Gasteiger charge is -2.06. The Bertz CT molecular complexity index is 819. The lowest BCUT2D eigenvalue weighted by atomic mass is 10.0. The highest BCUT2D eigenvalue weighted by molar-refractivity contribution is 6.17. The minimum Gasteiger partial charge on any atom is -0.417 e. The van der Waals surface area contributed by atoms with Crippen LogP contribution in [0, 0.1) is 0 Å². The lowest BCUT2D eigenvalue weighted by molar-refractivity contribution is 0.444. The molecule has 0 spiro atoms. The van der Waals surface area contributed by atoms with Crippen molar-refractivity contribution < 1.29 is 9.53 Å². The molecule has 3 aromatic carbocycles. The van der Waals surface area contributed by atoms with Gasteiger partial charge in [-0.3, -0.25) is 0 Å². The Balaban J connectivity index is 2.21. The van der Waals surface area contributed by atoms with Gasteiger partial charge in [-0.25, -0.2) is 4.79 Å². The van der Waals surface area contributed by atoms with Gasteiger partial charge in [0.1, 0.15) is 5.75 Å². The van der Waals surface area contributed by atoms with Crippen molar-refractivity contribution in [2.75, 3.05) is 0 Å². The number of rotatable bonds is 2. The van der Waals surface area contributed by atoms with Gasteiger partial charge in [-0.15, -0.1) is 0 Å². The van der Waals surface area contributed by atoms with E-state index in [-0.39, 0.29) is 0 Å². The Labute approximate surface area is 110 Å². The maximum absolute atomic E-state index is 10.6. The summed E-state index contributed by atoms with van der Waals surface area (Å²) in [5, 5.41) is 2.30. The van der Waals surface area contributed by atoms with Gasteiger partial charge >= 0.3 is 6.47 Å². The minimum atomic E-state index is 0.569. The first kappa shape index (κ1) is 10.3. The molecule has 1 aliphatic rings.